The summed E-state index contributed by atoms with van der Waals surface area (Å²) in [5.74, 6) is 1.18. The summed E-state index contributed by atoms with van der Waals surface area (Å²) >= 11 is 0. The topological polar surface area (TPSA) is 29.4 Å². The first kappa shape index (κ1) is 15.5. The Kier molecular flexibility index (Phi) is 4.20. The van der Waals surface area contributed by atoms with E-state index in [9.17, 15) is 4.79 Å². The molecule has 1 spiro atoms. The van der Waals surface area contributed by atoms with Crippen LogP contribution in [0, 0.1) is 19.8 Å². The van der Waals surface area contributed by atoms with Gasteiger partial charge in [-0.2, -0.15) is 0 Å². The van der Waals surface area contributed by atoms with Crippen LogP contribution >= 0.6 is 0 Å². The Hall–Kier alpha value is -1.44. The molecule has 1 aliphatic heterocycles. The van der Waals surface area contributed by atoms with Crippen LogP contribution in [0.1, 0.15) is 62.1 Å². The van der Waals surface area contributed by atoms with E-state index < -0.39 is 0 Å². The number of carbonyl (C=O) groups is 1. The highest BCUT2D eigenvalue weighted by Gasteiger charge is 2.44. The van der Waals surface area contributed by atoms with Gasteiger partial charge in [-0.1, -0.05) is 37.1 Å². The predicted octanol–water partition coefficient (Wildman–Crippen LogP) is 4.60. The van der Waals surface area contributed by atoms with Crippen LogP contribution < -0.4 is 0 Å². The molecule has 1 fully saturated rings. The molecule has 1 aromatic carbocycles. The van der Waals surface area contributed by atoms with E-state index in [1.165, 1.54) is 36.0 Å². The second kappa shape index (κ2) is 5.98. The van der Waals surface area contributed by atoms with E-state index in [4.69, 9.17) is 4.99 Å². The first-order valence-electron chi connectivity index (χ1n) is 8.69. The summed E-state index contributed by atoms with van der Waals surface area (Å²) in [6.45, 7) is 6.53. The minimum Gasteiger partial charge on any atom is -0.297 e. The summed E-state index contributed by atoms with van der Waals surface area (Å²) < 4.78 is 0. The molecule has 2 nitrogen and oxygen atoms in total. The summed E-state index contributed by atoms with van der Waals surface area (Å²) in [7, 11) is 0. The molecule has 0 radical (unpaired) electrons. The van der Waals surface area contributed by atoms with Crippen LogP contribution in [0.25, 0.3) is 0 Å². The van der Waals surface area contributed by atoms with Crippen LogP contribution in [0.15, 0.2) is 23.2 Å². The zero-order valence-corrected chi connectivity index (χ0v) is 14.1. The van der Waals surface area contributed by atoms with Gasteiger partial charge in [0.2, 0.25) is 0 Å². The van der Waals surface area contributed by atoms with E-state index in [0.717, 1.165) is 30.9 Å². The van der Waals surface area contributed by atoms with Gasteiger partial charge in [-0.15, -0.1) is 0 Å². The van der Waals surface area contributed by atoms with Crippen molar-refractivity contribution in [1.29, 1.82) is 0 Å². The fourth-order valence-electron chi connectivity index (χ4n) is 4.02. The summed E-state index contributed by atoms with van der Waals surface area (Å²) in [5.41, 5.74) is 4.67. The number of ketones is 1. The van der Waals surface area contributed by atoms with Crippen LogP contribution in [0.2, 0.25) is 0 Å². The first-order chi connectivity index (χ1) is 10.5. The number of aliphatic imine (C=N–C) groups is 1. The maximum atomic E-state index is 12.6. The second-order valence-corrected chi connectivity index (χ2v) is 7.27. The molecular formula is C20H27NO. The molecule has 3 rings (SSSR count). The van der Waals surface area contributed by atoms with Gasteiger partial charge in [0, 0.05) is 18.6 Å². The molecule has 1 aromatic rings. The standard InChI is InChI=1S/C20H27NO/c1-4-16-7-9-20(10-8-16)19(22)13-18(21-20)12-17-11-14(2)5-6-15(17)3/h5-6,11,16H,4,7-10,12-13H2,1-3H3. The largest absolute Gasteiger partial charge is 0.297 e. The Morgan fingerprint density at radius 1 is 1.23 bits per heavy atom. The average Bonchev–Trinajstić information content (AvgIpc) is 2.80. The van der Waals surface area contributed by atoms with Gasteiger partial charge in [0.1, 0.15) is 5.54 Å². The summed E-state index contributed by atoms with van der Waals surface area (Å²) in [4.78, 5) is 17.5. The monoisotopic (exact) mass is 297 g/mol. The van der Waals surface area contributed by atoms with Crippen molar-refractivity contribution in [3.05, 3.63) is 34.9 Å². The van der Waals surface area contributed by atoms with Gasteiger partial charge < -0.3 is 0 Å². The highest BCUT2D eigenvalue weighted by Crippen LogP contribution is 2.40. The molecule has 22 heavy (non-hydrogen) atoms. The van der Waals surface area contributed by atoms with Crippen molar-refractivity contribution >= 4 is 11.5 Å². The average molecular weight is 297 g/mol. The third kappa shape index (κ3) is 2.88. The first-order valence-corrected chi connectivity index (χ1v) is 8.69. The van der Waals surface area contributed by atoms with E-state index in [-0.39, 0.29) is 5.54 Å². The van der Waals surface area contributed by atoms with Crippen LogP contribution in [0.5, 0.6) is 0 Å². The molecule has 1 heterocycles. The van der Waals surface area contributed by atoms with Crippen LogP contribution in [0.3, 0.4) is 0 Å². The molecule has 0 unspecified atom stereocenters. The molecule has 1 saturated carbocycles. The van der Waals surface area contributed by atoms with Gasteiger partial charge in [0.25, 0.3) is 0 Å². The van der Waals surface area contributed by atoms with Gasteiger partial charge in [0.05, 0.1) is 0 Å². The lowest BCUT2D eigenvalue weighted by Gasteiger charge is -2.33. The number of hydrogen-bond donors (Lipinski definition) is 0. The summed E-state index contributed by atoms with van der Waals surface area (Å²) in [6, 6.07) is 6.56. The summed E-state index contributed by atoms with van der Waals surface area (Å²) in [6.07, 6.45) is 6.94. The van der Waals surface area contributed by atoms with Crippen molar-refractivity contribution in [3.63, 3.8) is 0 Å². The molecule has 0 amide bonds. The van der Waals surface area contributed by atoms with Gasteiger partial charge >= 0.3 is 0 Å². The zero-order valence-electron chi connectivity index (χ0n) is 14.1. The predicted molar refractivity (Wildman–Crippen MR) is 91.7 cm³/mol. The second-order valence-electron chi connectivity index (χ2n) is 7.27. The fourth-order valence-corrected chi connectivity index (χ4v) is 4.02. The van der Waals surface area contributed by atoms with Crippen molar-refractivity contribution in [2.45, 2.75) is 71.3 Å². The molecule has 2 heteroatoms. The lowest BCUT2D eigenvalue weighted by atomic mass is 9.74. The smallest absolute Gasteiger partial charge is 0.165 e. The van der Waals surface area contributed by atoms with Crippen molar-refractivity contribution < 1.29 is 4.79 Å². The number of nitrogens with zero attached hydrogens (tertiary/aromatic N) is 1. The Labute approximate surface area is 134 Å². The molecule has 118 valence electrons. The fraction of sp³-hybridized carbons (Fsp3) is 0.600. The molecule has 1 aliphatic carbocycles. The Balaban J connectivity index is 1.77. The van der Waals surface area contributed by atoms with Gasteiger partial charge in [-0.05, 0) is 56.6 Å². The highest BCUT2D eigenvalue weighted by atomic mass is 16.1. The van der Waals surface area contributed by atoms with Crippen molar-refractivity contribution in [3.8, 4) is 0 Å². The molecule has 0 atom stereocenters. The van der Waals surface area contributed by atoms with Gasteiger partial charge in [-0.3, -0.25) is 9.79 Å². The van der Waals surface area contributed by atoms with Crippen LogP contribution in [0.4, 0.5) is 0 Å². The summed E-state index contributed by atoms with van der Waals surface area (Å²) in [5, 5.41) is 0. The minimum absolute atomic E-state index is 0.348. The molecule has 0 N–H and O–H groups in total. The van der Waals surface area contributed by atoms with Crippen molar-refractivity contribution in [2.75, 3.05) is 0 Å². The Bertz CT molecular complexity index is 606. The molecular weight excluding hydrogens is 270 g/mol. The van der Waals surface area contributed by atoms with Crippen LogP contribution in [-0.2, 0) is 11.2 Å². The third-order valence-corrected chi connectivity index (χ3v) is 5.66. The molecule has 2 aliphatic rings. The SMILES string of the molecule is CCC1CCC2(CC1)N=C(Cc1cc(C)ccc1C)CC2=O. The Morgan fingerprint density at radius 2 is 1.95 bits per heavy atom. The normalized spacial score (nSPS) is 28.2. The Morgan fingerprint density at radius 3 is 2.64 bits per heavy atom. The van der Waals surface area contributed by atoms with E-state index in [2.05, 4.69) is 39.0 Å². The van der Waals surface area contributed by atoms with E-state index in [1.807, 2.05) is 0 Å². The lowest BCUT2D eigenvalue weighted by Crippen LogP contribution is -2.37. The van der Waals surface area contributed by atoms with Crippen molar-refractivity contribution in [2.24, 2.45) is 10.9 Å². The van der Waals surface area contributed by atoms with E-state index in [0.29, 0.717) is 12.2 Å². The quantitative estimate of drug-likeness (QED) is 0.801. The number of benzene rings is 1. The highest BCUT2D eigenvalue weighted by molar-refractivity contribution is 6.12. The van der Waals surface area contributed by atoms with Crippen molar-refractivity contribution in [1.82, 2.24) is 0 Å². The molecule has 0 saturated heterocycles. The number of hydrogen-bond acceptors (Lipinski definition) is 2. The van der Waals surface area contributed by atoms with E-state index >= 15 is 0 Å². The van der Waals surface area contributed by atoms with Crippen LogP contribution in [-0.4, -0.2) is 17.0 Å². The van der Waals surface area contributed by atoms with E-state index in [1.54, 1.807) is 0 Å². The molecule has 0 bridgehead atoms. The van der Waals surface area contributed by atoms with Gasteiger partial charge in [0.15, 0.2) is 5.78 Å². The zero-order chi connectivity index (χ0) is 15.7. The maximum absolute atomic E-state index is 12.6. The van der Waals surface area contributed by atoms with Gasteiger partial charge in [-0.25, -0.2) is 0 Å². The number of aryl methyl sites for hydroxylation is 2. The minimum atomic E-state index is -0.348. The third-order valence-electron chi connectivity index (χ3n) is 5.66. The maximum Gasteiger partial charge on any atom is 0.165 e. The number of carbonyl (C=O) groups excluding carboxylic acids is 1. The molecule has 0 aromatic heterocycles. The lowest BCUT2D eigenvalue weighted by molar-refractivity contribution is -0.123. The number of rotatable bonds is 3. The number of Topliss-reactive ketones (excluding diaryl/α,β-unsaturated/α-hetero) is 1.